The minimum Gasteiger partial charge on any atom is -0.0578 e. The quantitative estimate of drug-likeness (QED) is 0.0904. The molecule has 0 saturated carbocycles. The zero-order valence-electron chi connectivity index (χ0n) is 26.7. The fourth-order valence-electron chi connectivity index (χ4n) is 9.88. The normalized spacial score (nSPS) is 13.6. The van der Waals surface area contributed by atoms with E-state index in [2.05, 4.69) is 134 Å². The summed E-state index contributed by atoms with van der Waals surface area (Å²) < 4.78 is 0. The molecule has 2 aliphatic carbocycles. The van der Waals surface area contributed by atoms with Gasteiger partial charge in [-0.1, -0.05) is 60.7 Å². The summed E-state index contributed by atoms with van der Waals surface area (Å²) in [5, 5.41) is 26.2. The molecule has 0 heterocycles. The molecule has 0 nitrogen and oxygen atoms in total. The van der Waals surface area contributed by atoms with E-state index in [1.54, 1.807) is 0 Å². The van der Waals surface area contributed by atoms with Gasteiger partial charge in [-0.25, -0.2) is 0 Å². The molecule has 2 aliphatic rings. The summed E-state index contributed by atoms with van der Waals surface area (Å²) in [4.78, 5) is 0. The molecule has 0 aliphatic heterocycles. The third kappa shape index (κ3) is 3.09. The van der Waals surface area contributed by atoms with E-state index in [-0.39, 0.29) is 0 Å². The van der Waals surface area contributed by atoms with Gasteiger partial charge in [0.15, 0.2) is 0 Å². The van der Waals surface area contributed by atoms with Crippen LogP contribution in [0, 0.1) is 6.92 Å². The van der Waals surface area contributed by atoms with E-state index in [0.717, 1.165) is 18.4 Å². The molecule has 0 radical (unpaired) electrons. The van der Waals surface area contributed by atoms with Gasteiger partial charge in [-0.3, -0.25) is 0 Å². The Bertz CT molecular complexity index is 3430. The standard InChI is InChI=1S/C49H27/c1-25-12-36-17-34-9-8-32-15-30-5-4-28-13-26-2-3-27-14-29-6-7-31-16-33-10-11-35-18-37(25)49-24-47(35)45(33)22-43(31)41(29)20-39(27)38(26)19-40(28)42(30)21-44(32)46(34)23-48(36)49/h2-15,17-21,23-24H,1,16,22H2/q+1. The SMILES string of the molecule is [CH2+]c1cc2cc3ccc4cc5ccc6cc7ccc8cc9ccc%10c%11c9cc8c7cc6c5cc4c3cc2c2cc3c(c(ccc3cc12)C%10)C%11. The second-order valence-corrected chi connectivity index (χ2v) is 14.8. The van der Waals surface area contributed by atoms with Crippen molar-refractivity contribution in [3.63, 3.8) is 0 Å². The molecule has 49 heavy (non-hydrogen) atoms. The van der Waals surface area contributed by atoms with Crippen LogP contribution in [0.2, 0.25) is 0 Å². The third-order valence-corrected chi connectivity index (χ3v) is 12.3. The molecule has 222 valence electrons. The molecule has 11 aromatic carbocycles. The summed E-state index contributed by atoms with van der Waals surface area (Å²) >= 11 is 0. The third-order valence-electron chi connectivity index (χ3n) is 12.3. The highest BCUT2D eigenvalue weighted by molar-refractivity contribution is 6.25. The van der Waals surface area contributed by atoms with Crippen LogP contribution in [0.5, 0.6) is 0 Å². The molecule has 0 unspecified atom stereocenters. The molecule has 11 aromatic rings. The first-order valence-electron chi connectivity index (χ1n) is 17.4. The van der Waals surface area contributed by atoms with E-state index >= 15 is 0 Å². The van der Waals surface area contributed by atoms with E-state index in [1.807, 2.05) is 0 Å². The summed E-state index contributed by atoms with van der Waals surface area (Å²) in [7, 11) is 0. The van der Waals surface area contributed by atoms with E-state index < -0.39 is 0 Å². The van der Waals surface area contributed by atoms with Crippen LogP contribution >= 0.6 is 0 Å². The fourth-order valence-corrected chi connectivity index (χ4v) is 9.88. The van der Waals surface area contributed by atoms with Gasteiger partial charge in [-0.05, 0) is 176 Å². The van der Waals surface area contributed by atoms with Crippen molar-refractivity contribution < 1.29 is 0 Å². The predicted molar refractivity (Wildman–Crippen MR) is 212 cm³/mol. The number of benzene rings is 11. The highest BCUT2D eigenvalue weighted by Crippen LogP contribution is 2.43. The highest BCUT2D eigenvalue weighted by atomic mass is 14.3. The second kappa shape index (κ2) is 8.29. The minimum atomic E-state index is 0.945. The first-order valence-corrected chi connectivity index (χ1v) is 17.4. The zero-order valence-corrected chi connectivity index (χ0v) is 26.7. The largest absolute Gasteiger partial charge is 0.135 e. The van der Waals surface area contributed by atoms with Crippen molar-refractivity contribution in [1.82, 2.24) is 0 Å². The van der Waals surface area contributed by atoms with Gasteiger partial charge < -0.3 is 0 Å². The topological polar surface area (TPSA) is 0 Å². The predicted octanol–water partition coefficient (Wildman–Crippen LogP) is 13.2. The van der Waals surface area contributed by atoms with E-state index in [9.17, 15) is 0 Å². The van der Waals surface area contributed by atoms with E-state index in [4.69, 9.17) is 0 Å². The van der Waals surface area contributed by atoms with Crippen molar-refractivity contribution in [3.8, 4) is 0 Å². The highest BCUT2D eigenvalue weighted by Gasteiger charge is 2.23. The summed E-state index contributed by atoms with van der Waals surface area (Å²) in [6, 6.07) is 50.0. The number of hydrogen-bond acceptors (Lipinski definition) is 0. The molecule has 0 amide bonds. The molecule has 0 aromatic heterocycles. The van der Waals surface area contributed by atoms with Crippen LogP contribution in [0.15, 0.2) is 127 Å². The Morgan fingerprint density at radius 2 is 0.612 bits per heavy atom. The summed E-state index contributed by atoms with van der Waals surface area (Å²) in [6.45, 7) is 4.57. The lowest BCUT2D eigenvalue weighted by Gasteiger charge is -2.24. The van der Waals surface area contributed by atoms with Gasteiger partial charge >= 0.3 is 0 Å². The summed E-state index contributed by atoms with van der Waals surface area (Å²) in [5.74, 6) is 0. The summed E-state index contributed by atoms with van der Waals surface area (Å²) in [6.07, 6.45) is 1.92. The molecule has 0 N–H and O–H groups in total. The maximum atomic E-state index is 4.57. The van der Waals surface area contributed by atoms with Gasteiger partial charge in [0.1, 0.15) is 5.56 Å². The van der Waals surface area contributed by atoms with Gasteiger partial charge in [0.05, 0.1) is 11.5 Å². The Labute approximate surface area is 281 Å². The molecule has 0 atom stereocenters. The van der Waals surface area contributed by atoms with Crippen molar-refractivity contribution in [1.29, 1.82) is 0 Å². The van der Waals surface area contributed by atoms with Crippen molar-refractivity contribution in [3.05, 3.63) is 162 Å². The molecule has 0 fully saturated rings. The van der Waals surface area contributed by atoms with Crippen LogP contribution in [0.1, 0.15) is 27.8 Å². The Morgan fingerprint density at radius 3 is 1.10 bits per heavy atom. The lowest BCUT2D eigenvalue weighted by atomic mass is 9.80. The van der Waals surface area contributed by atoms with Gasteiger partial charge in [0, 0.05) is 29.1 Å². The van der Waals surface area contributed by atoms with Gasteiger partial charge in [0.25, 0.3) is 0 Å². The fraction of sp³-hybridized carbons (Fsp3) is 0.0408. The van der Waals surface area contributed by atoms with Crippen LogP contribution in [-0.4, -0.2) is 0 Å². The zero-order chi connectivity index (χ0) is 31.7. The molecule has 12 bridgehead atoms. The maximum Gasteiger partial charge on any atom is 0.135 e. The minimum absolute atomic E-state index is 0.945. The van der Waals surface area contributed by atoms with Crippen molar-refractivity contribution in [2.45, 2.75) is 12.8 Å². The summed E-state index contributed by atoms with van der Waals surface area (Å²) in [5.41, 5.74) is 6.96. The Kier molecular flexibility index (Phi) is 4.23. The molecular weight excluding hydrogens is 589 g/mol. The smallest absolute Gasteiger partial charge is 0.0578 e. The Morgan fingerprint density at radius 1 is 0.265 bits per heavy atom. The van der Waals surface area contributed by atoms with Gasteiger partial charge in [0.2, 0.25) is 0 Å². The lowest BCUT2D eigenvalue weighted by molar-refractivity contribution is 1.03. The van der Waals surface area contributed by atoms with E-state index in [1.165, 1.54) is 130 Å². The van der Waals surface area contributed by atoms with Crippen LogP contribution < -0.4 is 0 Å². The van der Waals surface area contributed by atoms with Crippen LogP contribution in [-0.2, 0) is 12.8 Å². The first kappa shape index (κ1) is 25.0. The molecular formula is C49H27+. The lowest BCUT2D eigenvalue weighted by Crippen LogP contribution is -2.08. The Balaban J connectivity index is 1.31. The van der Waals surface area contributed by atoms with Crippen LogP contribution in [0.3, 0.4) is 0 Å². The average Bonchev–Trinajstić information content (AvgIpc) is 3.13. The molecule has 0 heteroatoms. The van der Waals surface area contributed by atoms with Crippen molar-refractivity contribution in [2.75, 3.05) is 0 Å². The monoisotopic (exact) mass is 615 g/mol. The number of rotatable bonds is 0. The van der Waals surface area contributed by atoms with Gasteiger partial charge in [-0.2, -0.15) is 0 Å². The Hall–Kier alpha value is -6.11. The van der Waals surface area contributed by atoms with Crippen molar-refractivity contribution >= 4 is 108 Å². The van der Waals surface area contributed by atoms with Crippen LogP contribution in [0.25, 0.3) is 108 Å². The molecule has 0 saturated heterocycles. The second-order valence-electron chi connectivity index (χ2n) is 14.8. The van der Waals surface area contributed by atoms with Crippen LogP contribution in [0.4, 0.5) is 0 Å². The average molecular weight is 616 g/mol. The molecule has 0 spiro atoms. The first-order chi connectivity index (χ1) is 24.1. The molecule has 13 rings (SSSR count). The van der Waals surface area contributed by atoms with E-state index in [0.29, 0.717) is 0 Å². The van der Waals surface area contributed by atoms with Crippen molar-refractivity contribution in [2.24, 2.45) is 0 Å². The maximum absolute atomic E-state index is 4.57. The van der Waals surface area contributed by atoms with Gasteiger partial charge in [-0.15, -0.1) is 0 Å². The number of hydrogen-bond donors (Lipinski definition) is 0.